The topological polar surface area (TPSA) is 32.7 Å². The third kappa shape index (κ3) is 3.26. The van der Waals surface area contributed by atoms with Crippen LogP contribution in [0.1, 0.15) is 24.4 Å². The molecule has 3 rings (SSSR count). The fourth-order valence-electron chi connectivity index (χ4n) is 3.16. The van der Waals surface area contributed by atoms with E-state index >= 15 is 0 Å². The molecular formula is C18H23NO2. The van der Waals surface area contributed by atoms with E-state index in [-0.39, 0.29) is 6.61 Å². The molecule has 2 aromatic carbocycles. The highest BCUT2D eigenvalue weighted by Crippen LogP contribution is 2.30. The van der Waals surface area contributed by atoms with E-state index in [1.54, 1.807) is 0 Å². The second kappa shape index (κ2) is 7.03. The van der Waals surface area contributed by atoms with Crippen molar-refractivity contribution in [1.29, 1.82) is 0 Å². The molecule has 21 heavy (non-hydrogen) atoms. The smallest absolute Gasteiger partial charge is 0.0664 e. The number of hydrogen-bond acceptors (Lipinski definition) is 3. The average molecular weight is 285 g/mol. The lowest BCUT2D eigenvalue weighted by Crippen LogP contribution is -2.40. The number of fused-ring (bicyclic) bond motifs is 1. The molecule has 0 radical (unpaired) electrons. The molecule has 0 aliphatic carbocycles. The summed E-state index contributed by atoms with van der Waals surface area (Å²) in [5.74, 6) is 0. The molecule has 3 heteroatoms. The summed E-state index contributed by atoms with van der Waals surface area (Å²) in [6.45, 7) is 3.84. The maximum atomic E-state index is 8.98. The van der Waals surface area contributed by atoms with E-state index in [2.05, 4.69) is 47.4 Å². The summed E-state index contributed by atoms with van der Waals surface area (Å²) in [7, 11) is 0. The minimum absolute atomic E-state index is 0.281. The summed E-state index contributed by atoms with van der Waals surface area (Å²) in [6.07, 6.45) is 1.91. The van der Waals surface area contributed by atoms with Crippen LogP contribution in [0.15, 0.2) is 42.5 Å². The van der Waals surface area contributed by atoms with E-state index in [0.717, 1.165) is 39.1 Å². The average Bonchev–Trinajstić information content (AvgIpc) is 2.55. The molecule has 1 heterocycles. The van der Waals surface area contributed by atoms with Crippen molar-refractivity contribution < 1.29 is 9.84 Å². The van der Waals surface area contributed by atoms with Crippen molar-refractivity contribution in [3.8, 4) is 0 Å². The molecule has 1 aliphatic rings. The van der Waals surface area contributed by atoms with Crippen LogP contribution in [0.25, 0.3) is 10.8 Å². The van der Waals surface area contributed by atoms with Gasteiger partial charge in [0, 0.05) is 13.2 Å². The Bertz CT molecular complexity index is 579. The second-order valence-electron chi connectivity index (χ2n) is 5.63. The zero-order chi connectivity index (χ0) is 14.5. The monoisotopic (exact) mass is 285 g/mol. The van der Waals surface area contributed by atoms with E-state index < -0.39 is 0 Å². The number of aliphatic hydroxyl groups is 1. The van der Waals surface area contributed by atoms with Crippen molar-refractivity contribution in [2.75, 3.05) is 32.9 Å². The Hall–Kier alpha value is -1.42. The zero-order valence-corrected chi connectivity index (χ0v) is 12.4. The quantitative estimate of drug-likeness (QED) is 0.857. The van der Waals surface area contributed by atoms with Gasteiger partial charge in [0.25, 0.3) is 0 Å². The lowest BCUT2D eigenvalue weighted by molar-refractivity contribution is -0.00893. The van der Waals surface area contributed by atoms with Crippen LogP contribution in [-0.2, 0) is 4.74 Å². The third-order valence-electron chi connectivity index (χ3n) is 4.28. The Morgan fingerprint density at radius 1 is 1.10 bits per heavy atom. The Morgan fingerprint density at radius 3 is 2.86 bits per heavy atom. The highest BCUT2D eigenvalue weighted by molar-refractivity contribution is 5.86. The van der Waals surface area contributed by atoms with E-state index in [1.807, 2.05) is 0 Å². The molecule has 1 saturated heterocycles. The highest BCUT2D eigenvalue weighted by Gasteiger charge is 2.25. The molecule has 1 unspecified atom stereocenters. The summed E-state index contributed by atoms with van der Waals surface area (Å²) in [5.41, 5.74) is 1.36. The fraction of sp³-hybridized carbons (Fsp3) is 0.444. The van der Waals surface area contributed by atoms with Crippen LogP contribution in [0.5, 0.6) is 0 Å². The number of morpholine rings is 1. The number of hydrogen-bond donors (Lipinski definition) is 1. The van der Waals surface area contributed by atoms with Crippen LogP contribution >= 0.6 is 0 Å². The molecule has 0 aromatic heterocycles. The lowest BCUT2D eigenvalue weighted by atomic mass is 9.97. The van der Waals surface area contributed by atoms with Gasteiger partial charge in [-0.3, -0.25) is 4.90 Å². The molecule has 0 amide bonds. The zero-order valence-electron chi connectivity index (χ0n) is 12.4. The normalized spacial score (nSPS) is 20.0. The summed E-state index contributed by atoms with van der Waals surface area (Å²) in [6, 6.07) is 15.4. The number of nitrogens with zero attached hydrogens (tertiary/aromatic N) is 1. The van der Waals surface area contributed by atoms with Crippen LogP contribution in [0.3, 0.4) is 0 Å². The molecule has 1 N–H and O–H groups in total. The molecule has 1 atom stereocenters. The van der Waals surface area contributed by atoms with Crippen LogP contribution in [-0.4, -0.2) is 42.9 Å². The van der Waals surface area contributed by atoms with Gasteiger partial charge in [-0.05, 0) is 35.7 Å². The predicted octanol–water partition coefficient (Wildman–Crippen LogP) is 2.99. The van der Waals surface area contributed by atoms with Gasteiger partial charge in [-0.2, -0.15) is 0 Å². The molecule has 1 aliphatic heterocycles. The first-order valence-corrected chi connectivity index (χ1v) is 7.80. The summed E-state index contributed by atoms with van der Waals surface area (Å²) >= 11 is 0. The fourth-order valence-corrected chi connectivity index (χ4v) is 3.16. The van der Waals surface area contributed by atoms with Crippen molar-refractivity contribution in [3.05, 3.63) is 48.0 Å². The van der Waals surface area contributed by atoms with Crippen LogP contribution in [0.2, 0.25) is 0 Å². The molecule has 1 fully saturated rings. The van der Waals surface area contributed by atoms with Gasteiger partial charge in [0.05, 0.1) is 19.3 Å². The molecule has 0 saturated carbocycles. The molecule has 3 nitrogen and oxygen atoms in total. The second-order valence-corrected chi connectivity index (χ2v) is 5.63. The van der Waals surface area contributed by atoms with E-state index in [4.69, 9.17) is 9.84 Å². The van der Waals surface area contributed by atoms with Crippen molar-refractivity contribution >= 4 is 10.8 Å². The number of unbranched alkanes of at least 4 members (excludes halogenated alkanes) is 1. The molecule has 2 aromatic rings. The Morgan fingerprint density at radius 2 is 1.95 bits per heavy atom. The maximum absolute atomic E-state index is 8.98. The van der Waals surface area contributed by atoms with Gasteiger partial charge in [-0.1, -0.05) is 42.5 Å². The van der Waals surface area contributed by atoms with Gasteiger partial charge in [0.15, 0.2) is 0 Å². The van der Waals surface area contributed by atoms with Gasteiger partial charge in [0.2, 0.25) is 0 Å². The predicted molar refractivity (Wildman–Crippen MR) is 85.4 cm³/mol. The van der Waals surface area contributed by atoms with Crippen molar-refractivity contribution in [3.63, 3.8) is 0 Å². The molecular weight excluding hydrogens is 262 g/mol. The lowest BCUT2D eigenvalue weighted by Gasteiger charge is -2.36. The molecule has 0 spiro atoms. The summed E-state index contributed by atoms with van der Waals surface area (Å²) in [4.78, 5) is 2.50. The van der Waals surface area contributed by atoms with E-state index in [9.17, 15) is 0 Å². The minimum Gasteiger partial charge on any atom is -0.396 e. The van der Waals surface area contributed by atoms with Gasteiger partial charge >= 0.3 is 0 Å². The Balaban J connectivity index is 1.87. The largest absolute Gasteiger partial charge is 0.396 e. The first kappa shape index (κ1) is 14.5. The number of benzene rings is 2. The Labute approximate surface area is 126 Å². The van der Waals surface area contributed by atoms with Gasteiger partial charge in [-0.15, -0.1) is 0 Å². The van der Waals surface area contributed by atoms with Crippen LogP contribution in [0.4, 0.5) is 0 Å². The van der Waals surface area contributed by atoms with Crippen molar-refractivity contribution in [2.45, 2.75) is 18.9 Å². The van der Waals surface area contributed by atoms with Crippen LogP contribution in [0, 0.1) is 0 Å². The number of aliphatic hydroxyl groups excluding tert-OH is 1. The van der Waals surface area contributed by atoms with Crippen molar-refractivity contribution in [2.24, 2.45) is 0 Å². The van der Waals surface area contributed by atoms with E-state index in [0.29, 0.717) is 6.04 Å². The van der Waals surface area contributed by atoms with E-state index in [1.165, 1.54) is 16.3 Å². The summed E-state index contributed by atoms with van der Waals surface area (Å²) < 4.78 is 5.73. The Kier molecular flexibility index (Phi) is 4.86. The highest BCUT2D eigenvalue weighted by atomic mass is 16.5. The van der Waals surface area contributed by atoms with Gasteiger partial charge in [0.1, 0.15) is 0 Å². The molecule has 0 bridgehead atoms. The van der Waals surface area contributed by atoms with Gasteiger partial charge in [-0.25, -0.2) is 0 Å². The van der Waals surface area contributed by atoms with Crippen LogP contribution < -0.4 is 0 Å². The van der Waals surface area contributed by atoms with Gasteiger partial charge < -0.3 is 9.84 Å². The number of rotatable bonds is 5. The first-order valence-electron chi connectivity index (χ1n) is 7.80. The maximum Gasteiger partial charge on any atom is 0.0664 e. The van der Waals surface area contributed by atoms with Crippen molar-refractivity contribution in [1.82, 2.24) is 4.90 Å². The standard InChI is InChI=1S/C18H23NO2/c20-12-4-3-10-19-11-13-21-14-18(19)17-9-5-7-15-6-1-2-8-16(15)17/h1-2,5-9,18,20H,3-4,10-14H2. The SMILES string of the molecule is OCCCCN1CCOCC1c1cccc2ccccc12. The summed E-state index contributed by atoms with van der Waals surface area (Å²) in [5, 5.41) is 11.6. The number of ether oxygens (including phenoxy) is 1. The third-order valence-corrected chi connectivity index (χ3v) is 4.28. The minimum atomic E-state index is 0.281. The first-order chi connectivity index (χ1) is 10.4. The molecule has 112 valence electrons.